The van der Waals surface area contributed by atoms with Gasteiger partial charge < -0.3 is 0 Å². The Hall–Kier alpha value is -1.07. The van der Waals surface area contributed by atoms with Crippen LogP contribution in [0.25, 0.3) is 0 Å². The number of hydrogen-bond acceptors (Lipinski definition) is 3. The van der Waals surface area contributed by atoms with Gasteiger partial charge in [-0.05, 0) is 12.6 Å². The summed E-state index contributed by atoms with van der Waals surface area (Å²) in [7, 11) is 3.20. The van der Waals surface area contributed by atoms with Crippen LogP contribution in [0.4, 0.5) is 9.18 Å². The number of nitrogens with zero attached hydrogens (tertiary/aromatic N) is 2. The van der Waals surface area contributed by atoms with Crippen molar-refractivity contribution in [2.45, 2.75) is 6.54 Å². The van der Waals surface area contributed by atoms with E-state index in [0.717, 1.165) is 22.0 Å². The molecule has 15 heavy (non-hydrogen) atoms. The van der Waals surface area contributed by atoms with Crippen molar-refractivity contribution in [2.24, 2.45) is 0 Å². The van der Waals surface area contributed by atoms with Crippen LogP contribution < -0.4 is 0 Å². The van der Waals surface area contributed by atoms with Crippen molar-refractivity contribution in [1.29, 1.82) is 0 Å². The highest BCUT2D eigenvalue weighted by Crippen LogP contribution is 2.16. The first-order valence-electron chi connectivity index (χ1n) is 4.46. The Morgan fingerprint density at radius 3 is 2.47 bits per heavy atom. The summed E-state index contributed by atoms with van der Waals surface area (Å²) in [4.78, 5) is 10.3. The first-order chi connectivity index (χ1) is 7.09. The molecule has 0 saturated carbocycles. The third-order valence-electron chi connectivity index (χ3n) is 1.76. The molecule has 1 rings (SSSR count). The smallest absolute Gasteiger partial charge is 0.248 e. The van der Waals surface area contributed by atoms with Crippen molar-refractivity contribution in [3.8, 4) is 0 Å². The largest absolute Gasteiger partial charge is 0.410 e. The van der Waals surface area contributed by atoms with Gasteiger partial charge >= 0.3 is 6.16 Å². The highest BCUT2D eigenvalue weighted by Gasteiger charge is 2.10. The average Bonchev–Trinajstić information content (AvgIpc) is 2.18. The van der Waals surface area contributed by atoms with Gasteiger partial charge in [-0.25, -0.2) is 13.4 Å². The van der Waals surface area contributed by atoms with E-state index in [9.17, 15) is 9.18 Å². The summed E-state index contributed by atoms with van der Waals surface area (Å²) < 4.78 is 15.0. The Morgan fingerprint density at radius 2 is 1.93 bits per heavy atom. The maximum absolute atomic E-state index is 12.2. The van der Waals surface area contributed by atoms with Gasteiger partial charge in [-0.2, -0.15) is 0 Å². The van der Waals surface area contributed by atoms with Crippen LogP contribution in [0.3, 0.4) is 0 Å². The first kappa shape index (κ1) is 12.0. The van der Waals surface area contributed by atoms with Crippen molar-refractivity contribution in [3.63, 3.8) is 0 Å². The lowest BCUT2D eigenvalue weighted by Crippen LogP contribution is -2.21. The second-order valence-electron chi connectivity index (χ2n) is 3.10. The van der Waals surface area contributed by atoms with Crippen LogP contribution in [-0.4, -0.2) is 28.9 Å². The Balaban J connectivity index is 2.43. The maximum Gasteiger partial charge on any atom is 0.410 e. The van der Waals surface area contributed by atoms with Gasteiger partial charge in [-0.1, -0.05) is 30.3 Å². The van der Waals surface area contributed by atoms with Crippen LogP contribution in [0, 0.1) is 0 Å². The minimum Gasteiger partial charge on any atom is -0.248 e. The normalized spacial score (nSPS) is 10.4. The van der Waals surface area contributed by atoms with Crippen molar-refractivity contribution >= 4 is 18.3 Å². The molecule has 0 fully saturated rings. The fraction of sp³-hybridized carbons (Fsp3) is 0.300. The van der Waals surface area contributed by atoms with E-state index in [4.69, 9.17) is 0 Å². The van der Waals surface area contributed by atoms with Crippen molar-refractivity contribution in [3.05, 3.63) is 35.9 Å². The van der Waals surface area contributed by atoms with Gasteiger partial charge in [-0.15, -0.1) is 4.39 Å². The summed E-state index contributed by atoms with van der Waals surface area (Å²) in [5, 5.41) is 0. The molecule has 0 aromatic heterocycles. The highest BCUT2D eigenvalue weighted by atomic mass is 32.2. The molecule has 0 N–H and O–H groups in total. The van der Waals surface area contributed by atoms with Gasteiger partial charge in [0, 0.05) is 25.7 Å². The van der Waals surface area contributed by atoms with E-state index in [-0.39, 0.29) is 0 Å². The average molecular weight is 228 g/mol. The molecule has 0 aliphatic carbocycles. The van der Waals surface area contributed by atoms with E-state index >= 15 is 0 Å². The molecule has 0 heterocycles. The van der Waals surface area contributed by atoms with Gasteiger partial charge in [0.2, 0.25) is 0 Å². The van der Waals surface area contributed by atoms with Crippen molar-refractivity contribution < 1.29 is 9.18 Å². The van der Waals surface area contributed by atoms with Crippen LogP contribution >= 0.6 is 12.1 Å². The van der Waals surface area contributed by atoms with Crippen LogP contribution in [0.1, 0.15) is 5.56 Å². The lowest BCUT2D eigenvalue weighted by molar-refractivity contribution is 0.208. The Morgan fingerprint density at radius 1 is 1.33 bits per heavy atom. The Kier molecular flexibility index (Phi) is 4.58. The third-order valence-corrected chi connectivity index (χ3v) is 2.55. The molecule has 0 spiro atoms. The standard InChI is InChI=1S/C10H13FN2OS/c1-12(15-13(2)10(11)14)8-9-6-4-3-5-7-9/h3-7H,8H2,1-2H3. The number of benzene rings is 1. The quantitative estimate of drug-likeness (QED) is 0.450. The second-order valence-corrected chi connectivity index (χ2v) is 4.44. The number of amides is 1. The van der Waals surface area contributed by atoms with E-state index in [2.05, 4.69) is 0 Å². The molecule has 0 unspecified atom stereocenters. The van der Waals surface area contributed by atoms with Crippen LogP contribution in [-0.2, 0) is 6.54 Å². The van der Waals surface area contributed by atoms with Crippen LogP contribution in [0.15, 0.2) is 30.3 Å². The Bertz CT molecular complexity index is 320. The molecule has 1 aromatic carbocycles. The van der Waals surface area contributed by atoms with E-state index in [1.165, 1.54) is 7.05 Å². The van der Waals surface area contributed by atoms with Crippen LogP contribution in [0.5, 0.6) is 0 Å². The number of carbonyl (C=O) groups excluding carboxylic acids is 1. The summed E-state index contributed by atoms with van der Waals surface area (Å²) in [5.74, 6) is 0. The molecule has 3 nitrogen and oxygen atoms in total. The molecular weight excluding hydrogens is 215 g/mol. The molecule has 0 radical (unpaired) electrons. The minimum absolute atomic E-state index is 0.656. The SMILES string of the molecule is CN(Cc1ccccc1)SN(C)C(=O)F. The lowest BCUT2D eigenvalue weighted by Gasteiger charge is -2.19. The molecule has 0 atom stereocenters. The Labute approximate surface area is 93.1 Å². The predicted octanol–water partition coefficient (Wildman–Crippen LogP) is 2.70. The molecule has 82 valence electrons. The highest BCUT2D eigenvalue weighted by molar-refractivity contribution is 7.95. The van der Waals surface area contributed by atoms with Gasteiger partial charge in [0.15, 0.2) is 0 Å². The summed E-state index contributed by atoms with van der Waals surface area (Å²) in [5.41, 5.74) is 1.12. The first-order valence-corrected chi connectivity index (χ1v) is 5.19. The molecule has 0 aliphatic rings. The van der Waals surface area contributed by atoms with Crippen LogP contribution in [0.2, 0.25) is 0 Å². The van der Waals surface area contributed by atoms with E-state index in [1.54, 1.807) is 11.4 Å². The summed E-state index contributed by atoms with van der Waals surface area (Å²) in [6.45, 7) is 0.656. The van der Waals surface area contributed by atoms with E-state index in [0.29, 0.717) is 6.54 Å². The van der Waals surface area contributed by atoms with Gasteiger partial charge in [0.1, 0.15) is 0 Å². The van der Waals surface area contributed by atoms with E-state index < -0.39 is 6.16 Å². The minimum atomic E-state index is -1.44. The third kappa shape index (κ3) is 4.31. The zero-order chi connectivity index (χ0) is 11.3. The molecule has 0 aliphatic heterocycles. The second kappa shape index (κ2) is 5.72. The van der Waals surface area contributed by atoms with Crippen molar-refractivity contribution in [1.82, 2.24) is 8.61 Å². The number of halogens is 1. The maximum atomic E-state index is 12.2. The summed E-state index contributed by atoms with van der Waals surface area (Å²) in [6.07, 6.45) is -1.44. The topological polar surface area (TPSA) is 23.6 Å². The monoisotopic (exact) mass is 228 g/mol. The molecule has 0 bridgehead atoms. The molecule has 0 saturated heterocycles. The molecule has 1 amide bonds. The number of carbonyl (C=O) groups is 1. The summed E-state index contributed by atoms with van der Waals surface area (Å²) >= 11 is 1.04. The number of hydrogen-bond donors (Lipinski definition) is 0. The van der Waals surface area contributed by atoms with Gasteiger partial charge in [-0.3, -0.25) is 0 Å². The fourth-order valence-corrected chi connectivity index (χ4v) is 1.80. The molecular formula is C10H13FN2OS. The zero-order valence-electron chi connectivity index (χ0n) is 8.68. The van der Waals surface area contributed by atoms with Crippen molar-refractivity contribution in [2.75, 3.05) is 14.1 Å². The number of rotatable bonds is 4. The van der Waals surface area contributed by atoms with Gasteiger partial charge in [0.25, 0.3) is 0 Å². The molecule has 5 heteroatoms. The lowest BCUT2D eigenvalue weighted by atomic mass is 10.2. The fourth-order valence-electron chi connectivity index (χ4n) is 1.11. The van der Waals surface area contributed by atoms with Gasteiger partial charge in [0.05, 0.1) is 0 Å². The predicted molar refractivity (Wildman–Crippen MR) is 59.8 cm³/mol. The summed E-state index contributed by atoms with van der Waals surface area (Å²) in [6, 6.07) is 9.78. The zero-order valence-corrected chi connectivity index (χ0v) is 9.50. The van der Waals surface area contributed by atoms with E-state index in [1.807, 2.05) is 30.3 Å². The molecule has 1 aromatic rings.